The maximum Gasteiger partial charge on any atom is 0.0206 e. The first-order valence-corrected chi connectivity index (χ1v) is 4.34. The Kier molecular flexibility index (Phi) is 6.16. The topological polar surface area (TPSA) is 3.24 Å². The lowest BCUT2D eigenvalue weighted by molar-refractivity contribution is 0.427. The Balaban J connectivity index is 3.90. The largest absolute Gasteiger partial charge is 0.378 e. The highest BCUT2D eigenvalue weighted by atomic mass is 15.1. The normalized spacial score (nSPS) is 12.1. The number of allylic oxidation sites excluding steroid dienone is 4. The molecule has 0 saturated carbocycles. The Morgan fingerprint density at radius 1 is 1.50 bits per heavy atom. The van der Waals surface area contributed by atoms with Crippen LogP contribution in [0.25, 0.3) is 0 Å². The van der Waals surface area contributed by atoms with Gasteiger partial charge < -0.3 is 4.90 Å². The second-order valence-corrected chi connectivity index (χ2v) is 2.83. The van der Waals surface area contributed by atoms with Gasteiger partial charge in [0.05, 0.1) is 0 Å². The SMILES string of the molecule is C=CCCN(C)C(C)=CC=CC. The van der Waals surface area contributed by atoms with E-state index < -0.39 is 0 Å². The Morgan fingerprint density at radius 3 is 2.67 bits per heavy atom. The van der Waals surface area contributed by atoms with E-state index in [0.717, 1.165) is 13.0 Å². The zero-order valence-corrected chi connectivity index (χ0v) is 8.38. The van der Waals surface area contributed by atoms with Gasteiger partial charge >= 0.3 is 0 Å². The quantitative estimate of drug-likeness (QED) is 0.447. The lowest BCUT2D eigenvalue weighted by Gasteiger charge is -2.18. The van der Waals surface area contributed by atoms with Crippen LogP contribution in [0.4, 0.5) is 0 Å². The summed E-state index contributed by atoms with van der Waals surface area (Å²) in [5.41, 5.74) is 1.29. The van der Waals surface area contributed by atoms with Gasteiger partial charge in [-0.2, -0.15) is 0 Å². The van der Waals surface area contributed by atoms with Crippen molar-refractivity contribution >= 4 is 0 Å². The minimum absolute atomic E-state index is 1.04. The van der Waals surface area contributed by atoms with Crippen LogP contribution < -0.4 is 0 Å². The van der Waals surface area contributed by atoms with Crippen molar-refractivity contribution in [1.29, 1.82) is 0 Å². The monoisotopic (exact) mass is 165 g/mol. The van der Waals surface area contributed by atoms with Crippen molar-refractivity contribution in [3.63, 3.8) is 0 Å². The van der Waals surface area contributed by atoms with Crippen LogP contribution in [0.1, 0.15) is 20.3 Å². The van der Waals surface area contributed by atoms with Crippen LogP contribution in [0.15, 0.2) is 36.6 Å². The molecule has 0 saturated heterocycles. The van der Waals surface area contributed by atoms with Crippen LogP contribution in [-0.2, 0) is 0 Å². The number of rotatable bonds is 5. The summed E-state index contributed by atoms with van der Waals surface area (Å²) in [4.78, 5) is 2.22. The molecule has 0 heterocycles. The average molecular weight is 165 g/mol. The second kappa shape index (κ2) is 6.71. The summed E-state index contributed by atoms with van der Waals surface area (Å²) in [5.74, 6) is 0. The molecule has 0 radical (unpaired) electrons. The zero-order chi connectivity index (χ0) is 9.40. The fourth-order valence-electron chi connectivity index (χ4n) is 0.824. The number of nitrogens with zero attached hydrogens (tertiary/aromatic N) is 1. The summed E-state index contributed by atoms with van der Waals surface area (Å²) in [6.45, 7) is 8.87. The third-order valence-electron chi connectivity index (χ3n) is 1.80. The van der Waals surface area contributed by atoms with Crippen molar-refractivity contribution in [3.8, 4) is 0 Å². The van der Waals surface area contributed by atoms with Gasteiger partial charge in [-0.1, -0.05) is 18.2 Å². The summed E-state index contributed by atoms with van der Waals surface area (Å²) < 4.78 is 0. The average Bonchev–Trinajstić information content (AvgIpc) is 2.10. The van der Waals surface area contributed by atoms with Crippen LogP contribution in [0.5, 0.6) is 0 Å². The maximum atomic E-state index is 3.69. The number of hydrogen-bond donors (Lipinski definition) is 0. The van der Waals surface area contributed by atoms with Gasteiger partial charge in [-0.3, -0.25) is 0 Å². The molecule has 0 amide bonds. The van der Waals surface area contributed by atoms with Crippen molar-refractivity contribution in [1.82, 2.24) is 4.90 Å². The van der Waals surface area contributed by atoms with Crippen LogP contribution in [0.3, 0.4) is 0 Å². The van der Waals surface area contributed by atoms with E-state index in [-0.39, 0.29) is 0 Å². The first-order chi connectivity index (χ1) is 5.72. The molecule has 0 aliphatic rings. The zero-order valence-electron chi connectivity index (χ0n) is 8.38. The molecule has 0 aromatic carbocycles. The van der Waals surface area contributed by atoms with Crippen molar-refractivity contribution in [2.75, 3.05) is 13.6 Å². The summed E-state index contributed by atoms with van der Waals surface area (Å²) in [5, 5.41) is 0. The van der Waals surface area contributed by atoms with E-state index in [9.17, 15) is 0 Å². The summed E-state index contributed by atoms with van der Waals surface area (Å²) in [6, 6.07) is 0. The molecule has 68 valence electrons. The lowest BCUT2D eigenvalue weighted by atomic mass is 10.3. The van der Waals surface area contributed by atoms with Gasteiger partial charge in [0, 0.05) is 19.3 Å². The van der Waals surface area contributed by atoms with E-state index in [1.165, 1.54) is 5.70 Å². The van der Waals surface area contributed by atoms with Gasteiger partial charge in [0.15, 0.2) is 0 Å². The molecule has 0 aromatic heterocycles. The fraction of sp³-hybridized carbons (Fsp3) is 0.455. The molecule has 12 heavy (non-hydrogen) atoms. The lowest BCUT2D eigenvalue weighted by Crippen LogP contribution is -2.16. The molecule has 0 aliphatic carbocycles. The molecule has 0 fully saturated rings. The molecule has 0 aliphatic heterocycles. The molecule has 0 aromatic rings. The molecule has 1 heteroatoms. The van der Waals surface area contributed by atoms with Crippen LogP contribution in [0, 0.1) is 0 Å². The minimum atomic E-state index is 1.04. The summed E-state index contributed by atoms with van der Waals surface area (Å²) in [6.07, 6.45) is 9.19. The van der Waals surface area contributed by atoms with Crippen molar-refractivity contribution < 1.29 is 0 Å². The molecule has 0 unspecified atom stereocenters. The first-order valence-electron chi connectivity index (χ1n) is 4.34. The third kappa shape index (κ3) is 4.78. The van der Waals surface area contributed by atoms with Gasteiger partial charge in [-0.05, 0) is 26.3 Å². The molecule has 0 N–H and O–H groups in total. The van der Waals surface area contributed by atoms with Gasteiger partial charge in [0.1, 0.15) is 0 Å². The fourth-order valence-corrected chi connectivity index (χ4v) is 0.824. The van der Waals surface area contributed by atoms with E-state index in [4.69, 9.17) is 0 Å². The molecular formula is C11H19N. The molecule has 0 rings (SSSR count). The molecular weight excluding hydrogens is 146 g/mol. The van der Waals surface area contributed by atoms with E-state index in [2.05, 4.69) is 37.6 Å². The highest BCUT2D eigenvalue weighted by Gasteiger charge is 1.94. The molecule has 1 nitrogen and oxygen atoms in total. The molecule has 0 spiro atoms. The third-order valence-corrected chi connectivity index (χ3v) is 1.80. The van der Waals surface area contributed by atoms with Crippen molar-refractivity contribution in [2.45, 2.75) is 20.3 Å². The summed E-state index contributed by atoms with van der Waals surface area (Å²) >= 11 is 0. The Hall–Kier alpha value is -0.980. The smallest absolute Gasteiger partial charge is 0.0206 e. The highest BCUT2D eigenvalue weighted by molar-refractivity contribution is 5.08. The van der Waals surface area contributed by atoms with E-state index in [1.54, 1.807) is 0 Å². The number of hydrogen-bond acceptors (Lipinski definition) is 1. The van der Waals surface area contributed by atoms with Crippen molar-refractivity contribution in [3.05, 3.63) is 36.6 Å². The van der Waals surface area contributed by atoms with Crippen molar-refractivity contribution in [2.24, 2.45) is 0 Å². The molecule has 0 atom stereocenters. The first kappa shape index (κ1) is 11.0. The van der Waals surface area contributed by atoms with E-state index in [0.29, 0.717) is 0 Å². The van der Waals surface area contributed by atoms with Crippen LogP contribution in [0.2, 0.25) is 0 Å². The minimum Gasteiger partial charge on any atom is -0.378 e. The van der Waals surface area contributed by atoms with E-state index in [1.807, 2.05) is 19.1 Å². The van der Waals surface area contributed by atoms with Gasteiger partial charge in [0.25, 0.3) is 0 Å². The predicted octanol–water partition coefficient (Wildman–Crippen LogP) is 2.97. The van der Waals surface area contributed by atoms with Crippen LogP contribution in [-0.4, -0.2) is 18.5 Å². The van der Waals surface area contributed by atoms with Gasteiger partial charge in [0.2, 0.25) is 0 Å². The van der Waals surface area contributed by atoms with Crippen LogP contribution >= 0.6 is 0 Å². The predicted molar refractivity (Wildman–Crippen MR) is 56.0 cm³/mol. The maximum absolute atomic E-state index is 3.69. The Bertz CT molecular complexity index is 177. The van der Waals surface area contributed by atoms with E-state index >= 15 is 0 Å². The van der Waals surface area contributed by atoms with Gasteiger partial charge in [-0.25, -0.2) is 0 Å². The summed E-state index contributed by atoms with van der Waals surface area (Å²) in [7, 11) is 2.10. The second-order valence-electron chi connectivity index (χ2n) is 2.83. The standard InChI is InChI=1S/C11H19N/c1-5-7-9-11(3)12(4)10-8-6-2/h5-7,9H,2,8,10H2,1,3-4H3. The Morgan fingerprint density at radius 2 is 2.17 bits per heavy atom. The highest BCUT2D eigenvalue weighted by Crippen LogP contribution is 2.01. The van der Waals surface area contributed by atoms with Gasteiger partial charge in [-0.15, -0.1) is 6.58 Å². The molecule has 0 bridgehead atoms. The Labute approximate surface area is 76.1 Å².